The minimum Gasteiger partial charge on any atom is -0.363 e. The molecule has 2 aromatic heterocycles. The lowest BCUT2D eigenvalue weighted by atomic mass is 10.2. The first-order valence-corrected chi connectivity index (χ1v) is 7.45. The van der Waals surface area contributed by atoms with Gasteiger partial charge in [0.2, 0.25) is 5.89 Å². The van der Waals surface area contributed by atoms with Crippen LogP contribution < -0.4 is 5.73 Å². The van der Waals surface area contributed by atoms with Gasteiger partial charge in [-0.3, -0.25) is 9.69 Å². The maximum absolute atomic E-state index is 11.1. The minimum atomic E-state index is -0.671. The first-order valence-electron chi connectivity index (χ1n) is 7.45. The van der Waals surface area contributed by atoms with E-state index in [9.17, 15) is 4.79 Å². The van der Waals surface area contributed by atoms with Crippen molar-refractivity contribution < 1.29 is 9.32 Å². The highest BCUT2D eigenvalue weighted by Crippen LogP contribution is 2.32. The summed E-state index contributed by atoms with van der Waals surface area (Å²) >= 11 is 0. The van der Waals surface area contributed by atoms with Crippen molar-refractivity contribution in [2.75, 3.05) is 6.54 Å². The zero-order valence-electron chi connectivity index (χ0n) is 12.8. The van der Waals surface area contributed by atoms with Crippen LogP contribution >= 0.6 is 0 Å². The molecule has 2 aromatic rings. The van der Waals surface area contributed by atoms with E-state index in [1.807, 2.05) is 12.4 Å². The number of primary amides is 1. The zero-order chi connectivity index (χ0) is 15.7. The molecule has 0 aliphatic carbocycles. The monoisotopic (exact) mass is 304 g/mol. The van der Waals surface area contributed by atoms with E-state index in [1.54, 1.807) is 0 Å². The topological polar surface area (TPSA) is 103 Å². The molecule has 0 aromatic carbocycles. The molecule has 8 nitrogen and oxygen atoms in total. The van der Waals surface area contributed by atoms with Crippen molar-refractivity contribution in [1.29, 1.82) is 0 Å². The Morgan fingerprint density at radius 2 is 2.36 bits per heavy atom. The van der Waals surface area contributed by atoms with E-state index in [-0.39, 0.29) is 11.9 Å². The lowest BCUT2D eigenvalue weighted by Crippen LogP contribution is -2.25. The maximum atomic E-state index is 11.1. The van der Waals surface area contributed by atoms with E-state index in [2.05, 4.69) is 38.4 Å². The summed E-state index contributed by atoms with van der Waals surface area (Å²) in [6, 6.07) is 0.376. The summed E-state index contributed by atoms with van der Waals surface area (Å²) in [5.74, 6) is 0.728. The number of carbonyl (C=O) groups excluding carboxylic acids is 1. The van der Waals surface area contributed by atoms with E-state index < -0.39 is 5.91 Å². The molecule has 1 atom stereocenters. The molecule has 8 heteroatoms. The van der Waals surface area contributed by atoms with Crippen LogP contribution in [0.4, 0.5) is 0 Å². The molecule has 0 saturated carbocycles. The van der Waals surface area contributed by atoms with Crippen LogP contribution in [-0.4, -0.2) is 37.0 Å². The molecule has 118 valence electrons. The van der Waals surface area contributed by atoms with Crippen molar-refractivity contribution in [2.24, 2.45) is 5.73 Å². The van der Waals surface area contributed by atoms with Gasteiger partial charge >= 0.3 is 0 Å². The van der Waals surface area contributed by atoms with E-state index in [1.165, 1.54) is 0 Å². The van der Waals surface area contributed by atoms with E-state index in [4.69, 9.17) is 10.3 Å². The molecular formula is C14H20N6O2. The molecule has 1 fully saturated rings. The Balaban J connectivity index is 1.78. The summed E-state index contributed by atoms with van der Waals surface area (Å²) in [6.45, 7) is 5.90. The minimum absolute atomic E-state index is 0.0120. The maximum Gasteiger partial charge on any atom is 0.290 e. The van der Waals surface area contributed by atoms with Gasteiger partial charge in [0.15, 0.2) is 0 Å². The van der Waals surface area contributed by atoms with Crippen LogP contribution in [0.1, 0.15) is 61.1 Å². The van der Waals surface area contributed by atoms with Gasteiger partial charge < -0.3 is 14.8 Å². The van der Waals surface area contributed by atoms with E-state index in [0.29, 0.717) is 18.5 Å². The van der Waals surface area contributed by atoms with Crippen LogP contribution in [0.15, 0.2) is 16.9 Å². The molecule has 3 rings (SSSR count). The number of nitrogens with zero attached hydrogens (tertiary/aromatic N) is 5. The summed E-state index contributed by atoms with van der Waals surface area (Å²) in [4.78, 5) is 21.9. The molecule has 1 aliphatic heterocycles. The second-order valence-electron chi connectivity index (χ2n) is 5.79. The van der Waals surface area contributed by atoms with Gasteiger partial charge in [-0.2, -0.15) is 4.98 Å². The summed E-state index contributed by atoms with van der Waals surface area (Å²) in [7, 11) is 0. The summed E-state index contributed by atoms with van der Waals surface area (Å²) < 4.78 is 7.36. The molecule has 1 amide bonds. The van der Waals surface area contributed by atoms with Crippen LogP contribution in [-0.2, 0) is 6.54 Å². The van der Waals surface area contributed by atoms with Gasteiger partial charge in [-0.05, 0) is 33.2 Å². The van der Waals surface area contributed by atoms with Gasteiger partial charge in [-0.15, -0.1) is 0 Å². The Hall–Kier alpha value is -2.22. The summed E-state index contributed by atoms with van der Waals surface area (Å²) in [5.41, 5.74) is 5.17. The lowest BCUT2D eigenvalue weighted by Gasteiger charge is -2.22. The number of hydrogen-bond acceptors (Lipinski definition) is 6. The fraction of sp³-hybridized carbons (Fsp3) is 0.571. The highest BCUT2D eigenvalue weighted by Gasteiger charge is 2.32. The molecule has 3 heterocycles. The molecule has 1 aliphatic rings. The first kappa shape index (κ1) is 14.7. The third-order valence-corrected chi connectivity index (χ3v) is 3.96. The highest BCUT2D eigenvalue weighted by atomic mass is 16.5. The molecule has 0 spiro atoms. The Kier molecular flexibility index (Phi) is 3.93. The van der Waals surface area contributed by atoms with Gasteiger partial charge in [0, 0.05) is 18.4 Å². The van der Waals surface area contributed by atoms with E-state index in [0.717, 1.165) is 25.2 Å². The number of aromatic nitrogens is 4. The SMILES string of the molecule is CC(C)n1ccnc1CN1CCCC1c1nc(C(N)=O)no1. The third-order valence-electron chi connectivity index (χ3n) is 3.96. The Bertz CT molecular complexity index is 662. The lowest BCUT2D eigenvalue weighted by molar-refractivity contribution is 0.0987. The third kappa shape index (κ3) is 2.74. The quantitative estimate of drug-likeness (QED) is 0.892. The average Bonchev–Trinajstić information content (AvgIpc) is 3.17. The van der Waals surface area contributed by atoms with Crippen LogP contribution in [0.25, 0.3) is 0 Å². The molecule has 1 unspecified atom stereocenters. The predicted molar refractivity (Wildman–Crippen MR) is 77.8 cm³/mol. The Labute approximate surface area is 128 Å². The molecule has 2 N–H and O–H groups in total. The fourth-order valence-electron chi connectivity index (χ4n) is 2.88. The van der Waals surface area contributed by atoms with Gasteiger partial charge in [0.25, 0.3) is 11.7 Å². The van der Waals surface area contributed by atoms with Gasteiger partial charge in [0.1, 0.15) is 5.82 Å². The smallest absolute Gasteiger partial charge is 0.290 e. The Morgan fingerprint density at radius 3 is 3.05 bits per heavy atom. The second kappa shape index (κ2) is 5.88. The van der Waals surface area contributed by atoms with Gasteiger partial charge in [-0.25, -0.2) is 4.98 Å². The number of rotatable bonds is 5. The standard InChI is InChI=1S/C14H20N6O2/c1-9(2)20-7-5-16-11(20)8-19-6-3-4-10(19)14-17-13(12(15)21)18-22-14/h5,7,9-10H,3-4,6,8H2,1-2H3,(H2,15,21). The molecule has 0 bridgehead atoms. The first-order chi connectivity index (χ1) is 10.6. The number of hydrogen-bond donors (Lipinski definition) is 1. The van der Waals surface area contributed by atoms with Crippen molar-refractivity contribution in [3.05, 3.63) is 29.9 Å². The van der Waals surface area contributed by atoms with Crippen LogP contribution in [0, 0.1) is 0 Å². The number of imidazole rings is 1. The predicted octanol–water partition coefficient (Wildman–Crippen LogP) is 1.28. The van der Waals surface area contributed by atoms with Crippen LogP contribution in [0.2, 0.25) is 0 Å². The number of likely N-dealkylation sites (tertiary alicyclic amines) is 1. The number of carbonyl (C=O) groups is 1. The zero-order valence-corrected chi connectivity index (χ0v) is 12.8. The van der Waals surface area contributed by atoms with Crippen molar-refractivity contribution in [2.45, 2.75) is 45.3 Å². The number of amides is 1. The average molecular weight is 304 g/mol. The van der Waals surface area contributed by atoms with Crippen LogP contribution in [0.3, 0.4) is 0 Å². The number of nitrogens with two attached hydrogens (primary N) is 1. The van der Waals surface area contributed by atoms with E-state index >= 15 is 0 Å². The Morgan fingerprint density at radius 1 is 1.55 bits per heavy atom. The molecule has 1 saturated heterocycles. The highest BCUT2D eigenvalue weighted by molar-refractivity contribution is 5.88. The fourth-order valence-corrected chi connectivity index (χ4v) is 2.88. The molecule has 0 radical (unpaired) electrons. The summed E-state index contributed by atoms with van der Waals surface area (Å²) in [5, 5.41) is 3.63. The normalized spacial score (nSPS) is 19.1. The van der Waals surface area contributed by atoms with Crippen molar-refractivity contribution in [3.8, 4) is 0 Å². The van der Waals surface area contributed by atoms with Crippen molar-refractivity contribution >= 4 is 5.91 Å². The van der Waals surface area contributed by atoms with Gasteiger partial charge in [0.05, 0.1) is 12.6 Å². The molecular weight excluding hydrogens is 284 g/mol. The van der Waals surface area contributed by atoms with Gasteiger partial charge in [-0.1, -0.05) is 5.16 Å². The summed E-state index contributed by atoms with van der Waals surface area (Å²) in [6.07, 6.45) is 5.77. The van der Waals surface area contributed by atoms with Crippen molar-refractivity contribution in [3.63, 3.8) is 0 Å². The molecule has 22 heavy (non-hydrogen) atoms. The van der Waals surface area contributed by atoms with Crippen LogP contribution in [0.5, 0.6) is 0 Å². The second-order valence-corrected chi connectivity index (χ2v) is 5.79. The largest absolute Gasteiger partial charge is 0.363 e. The van der Waals surface area contributed by atoms with Crippen molar-refractivity contribution in [1.82, 2.24) is 24.6 Å².